The van der Waals surface area contributed by atoms with E-state index in [-0.39, 0.29) is 11.0 Å². The van der Waals surface area contributed by atoms with Crippen LogP contribution in [0.15, 0.2) is 84.9 Å². The number of hydrogen-bond donors (Lipinski definition) is 1. The van der Waals surface area contributed by atoms with Crippen LogP contribution >= 0.6 is 0 Å². The lowest BCUT2D eigenvalue weighted by molar-refractivity contribution is -0.143. The van der Waals surface area contributed by atoms with E-state index in [1.54, 1.807) is 0 Å². The van der Waals surface area contributed by atoms with Gasteiger partial charge in [0.15, 0.2) is 0 Å². The molecule has 0 amide bonds. The molecule has 0 radical (unpaired) electrons. The summed E-state index contributed by atoms with van der Waals surface area (Å²) < 4.78 is 5.01. The topological polar surface area (TPSA) is 46.5 Å². The molecule has 0 bridgehead atoms. The van der Waals surface area contributed by atoms with E-state index in [0.717, 1.165) is 28.8 Å². The molecule has 0 saturated carbocycles. The Balaban J connectivity index is 1.74. The SMILES string of the molecule is CCOC(=O)CCc1ccc(CCC(C)(C)[Si](O)(c2ccccc2)c2ccccc2)cc1. The fraction of sp³-hybridized carbons (Fsp3) is 0.321. The average Bonchev–Trinajstić information content (AvgIpc) is 2.83. The lowest BCUT2D eigenvalue weighted by Crippen LogP contribution is -2.65. The summed E-state index contributed by atoms with van der Waals surface area (Å²) in [6.45, 7) is 6.66. The van der Waals surface area contributed by atoms with Crippen molar-refractivity contribution in [1.82, 2.24) is 0 Å². The highest BCUT2D eigenvalue weighted by Gasteiger charge is 2.49. The molecule has 1 N–H and O–H groups in total. The van der Waals surface area contributed by atoms with Gasteiger partial charge in [-0.05, 0) is 52.7 Å². The molecule has 3 aromatic carbocycles. The van der Waals surface area contributed by atoms with Crippen LogP contribution < -0.4 is 10.4 Å². The number of aryl methyl sites for hydroxylation is 2. The van der Waals surface area contributed by atoms with Crippen LogP contribution in [0.2, 0.25) is 5.04 Å². The highest BCUT2D eigenvalue weighted by Crippen LogP contribution is 2.39. The standard InChI is InChI=1S/C28H34O3Si/c1-4-31-27(29)20-19-23-15-17-24(18-16-23)21-22-28(2,3)32(30,25-11-7-5-8-12-25)26-13-9-6-10-14-26/h5-18,30H,4,19-22H2,1-3H3. The van der Waals surface area contributed by atoms with Crippen molar-refractivity contribution in [3.8, 4) is 0 Å². The number of esters is 1. The fourth-order valence-electron chi connectivity index (χ4n) is 4.30. The summed E-state index contributed by atoms with van der Waals surface area (Å²) in [5, 5.41) is 1.83. The number of carbonyl (C=O) groups excluding carboxylic acids is 1. The number of hydrogen-bond acceptors (Lipinski definition) is 3. The van der Waals surface area contributed by atoms with E-state index in [4.69, 9.17) is 4.74 Å². The van der Waals surface area contributed by atoms with Gasteiger partial charge in [-0.15, -0.1) is 0 Å². The molecule has 168 valence electrons. The first-order valence-electron chi connectivity index (χ1n) is 11.4. The Kier molecular flexibility index (Phi) is 8.05. The van der Waals surface area contributed by atoms with Crippen molar-refractivity contribution in [2.24, 2.45) is 0 Å². The van der Waals surface area contributed by atoms with Crippen LogP contribution in [-0.2, 0) is 22.4 Å². The zero-order valence-corrected chi connectivity index (χ0v) is 20.4. The molecule has 3 nitrogen and oxygen atoms in total. The van der Waals surface area contributed by atoms with Gasteiger partial charge in [0.1, 0.15) is 0 Å². The Labute approximate surface area is 193 Å². The van der Waals surface area contributed by atoms with Crippen molar-refractivity contribution in [1.29, 1.82) is 0 Å². The second-order valence-electron chi connectivity index (χ2n) is 8.95. The van der Waals surface area contributed by atoms with Crippen LogP contribution in [-0.4, -0.2) is 25.7 Å². The van der Waals surface area contributed by atoms with Crippen LogP contribution in [0.1, 0.15) is 44.7 Å². The fourth-order valence-corrected chi connectivity index (χ4v) is 8.03. The minimum Gasteiger partial charge on any atom is -0.466 e. The smallest absolute Gasteiger partial charge is 0.306 e. The lowest BCUT2D eigenvalue weighted by Gasteiger charge is -2.41. The summed E-state index contributed by atoms with van der Waals surface area (Å²) in [7, 11) is -2.98. The Bertz CT molecular complexity index is 943. The quantitative estimate of drug-likeness (QED) is 0.364. The maximum Gasteiger partial charge on any atom is 0.306 e. The van der Waals surface area contributed by atoms with E-state index in [1.165, 1.54) is 5.56 Å². The van der Waals surface area contributed by atoms with Gasteiger partial charge in [-0.2, -0.15) is 0 Å². The summed E-state index contributed by atoms with van der Waals surface area (Å²) in [6, 6.07) is 28.8. The van der Waals surface area contributed by atoms with E-state index in [2.05, 4.69) is 62.4 Å². The molecule has 0 spiro atoms. The number of carbonyl (C=O) groups is 1. The van der Waals surface area contributed by atoms with Gasteiger partial charge >= 0.3 is 5.97 Å². The normalized spacial score (nSPS) is 11.9. The predicted molar refractivity (Wildman–Crippen MR) is 134 cm³/mol. The molecule has 0 atom stereocenters. The van der Waals surface area contributed by atoms with Gasteiger partial charge in [-0.25, -0.2) is 0 Å². The molecule has 0 fully saturated rings. The highest BCUT2D eigenvalue weighted by molar-refractivity contribution is 6.98. The Hall–Kier alpha value is -2.69. The molecule has 3 rings (SSSR count). The van der Waals surface area contributed by atoms with Crippen molar-refractivity contribution in [3.63, 3.8) is 0 Å². The summed E-state index contributed by atoms with van der Waals surface area (Å²) in [5.74, 6) is -0.149. The van der Waals surface area contributed by atoms with Crippen LogP contribution in [0, 0.1) is 0 Å². The van der Waals surface area contributed by atoms with Crippen molar-refractivity contribution in [2.45, 2.75) is 51.5 Å². The Morgan fingerprint density at radius 3 is 1.75 bits per heavy atom. The maximum absolute atomic E-state index is 12.3. The van der Waals surface area contributed by atoms with E-state index in [1.807, 2.05) is 43.3 Å². The molecular weight excluding hydrogens is 412 g/mol. The molecule has 3 aromatic rings. The van der Waals surface area contributed by atoms with Gasteiger partial charge < -0.3 is 9.53 Å². The van der Waals surface area contributed by atoms with Gasteiger partial charge in [0.05, 0.1) is 6.61 Å². The molecule has 0 saturated heterocycles. The number of rotatable bonds is 10. The predicted octanol–water partition coefficient (Wildman–Crippen LogP) is 4.65. The van der Waals surface area contributed by atoms with E-state index in [0.29, 0.717) is 19.4 Å². The third kappa shape index (κ3) is 5.56. The third-order valence-electron chi connectivity index (χ3n) is 6.35. The van der Waals surface area contributed by atoms with E-state index >= 15 is 0 Å². The van der Waals surface area contributed by atoms with Gasteiger partial charge in [0, 0.05) is 6.42 Å². The molecular formula is C28H34O3Si. The molecule has 0 aliphatic heterocycles. The van der Waals surface area contributed by atoms with Crippen LogP contribution in [0.4, 0.5) is 0 Å². The maximum atomic E-state index is 12.3. The zero-order valence-electron chi connectivity index (χ0n) is 19.4. The second kappa shape index (κ2) is 10.8. The molecule has 0 aromatic heterocycles. The average molecular weight is 447 g/mol. The number of ether oxygens (including phenoxy) is 1. The first kappa shape index (κ1) is 24.0. The lowest BCUT2D eigenvalue weighted by atomic mass is 10.00. The molecule has 0 aliphatic rings. The van der Waals surface area contributed by atoms with Crippen molar-refractivity contribution in [2.75, 3.05) is 6.61 Å². The molecule has 0 unspecified atom stereocenters. The van der Waals surface area contributed by atoms with Gasteiger partial charge in [-0.3, -0.25) is 4.79 Å². The first-order valence-corrected chi connectivity index (χ1v) is 13.4. The third-order valence-corrected chi connectivity index (χ3v) is 10.9. The van der Waals surface area contributed by atoms with E-state index < -0.39 is 8.32 Å². The zero-order chi connectivity index (χ0) is 23.0. The minimum atomic E-state index is -2.98. The summed E-state index contributed by atoms with van der Waals surface area (Å²) in [4.78, 5) is 23.8. The molecule has 0 aliphatic carbocycles. The van der Waals surface area contributed by atoms with Gasteiger partial charge in [0.25, 0.3) is 8.32 Å². The Morgan fingerprint density at radius 2 is 1.28 bits per heavy atom. The monoisotopic (exact) mass is 446 g/mol. The summed E-state index contributed by atoms with van der Waals surface area (Å²) in [6.07, 6.45) is 2.87. The minimum absolute atomic E-state index is 0.149. The first-order chi connectivity index (χ1) is 15.4. The molecule has 4 heteroatoms. The highest BCUT2D eigenvalue weighted by atomic mass is 28.4. The van der Waals surface area contributed by atoms with Crippen molar-refractivity contribution >= 4 is 24.7 Å². The van der Waals surface area contributed by atoms with Crippen LogP contribution in [0.5, 0.6) is 0 Å². The van der Waals surface area contributed by atoms with Crippen molar-refractivity contribution in [3.05, 3.63) is 96.1 Å². The van der Waals surface area contributed by atoms with Gasteiger partial charge in [0.2, 0.25) is 0 Å². The van der Waals surface area contributed by atoms with Crippen LogP contribution in [0.25, 0.3) is 0 Å². The summed E-state index contributed by atoms with van der Waals surface area (Å²) in [5.41, 5.74) is 2.39. The van der Waals surface area contributed by atoms with Gasteiger partial charge in [-0.1, -0.05) is 98.8 Å². The molecule has 32 heavy (non-hydrogen) atoms. The molecule has 0 heterocycles. The second-order valence-corrected chi connectivity index (χ2v) is 12.9. The largest absolute Gasteiger partial charge is 0.466 e. The summed E-state index contributed by atoms with van der Waals surface area (Å²) >= 11 is 0. The Morgan fingerprint density at radius 1 is 0.812 bits per heavy atom. The number of benzene rings is 3. The van der Waals surface area contributed by atoms with Crippen molar-refractivity contribution < 1.29 is 14.3 Å². The van der Waals surface area contributed by atoms with Crippen LogP contribution in [0.3, 0.4) is 0 Å². The van der Waals surface area contributed by atoms with E-state index in [9.17, 15) is 9.59 Å².